The normalized spacial score (nSPS) is 26.9. The Morgan fingerprint density at radius 3 is 2.94 bits per heavy atom. The first-order chi connectivity index (χ1) is 8.84. The Morgan fingerprint density at radius 2 is 2.11 bits per heavy atom. The van der Waals surface area contributed by atoms with E-state index in [2.05, 4.69) is 11.0 Å². The summed E-state index contributed by atoms with van der Waals surface area (Å²) < 4.78 is 5.62. The average Bonchev–Trinajstić information content (AvgIpc) is 2.89. The molecule has 0 N–H and O–H groups in total. The third-order valence-corrected chi connectivity index (χ3v) is 3.71. The summed E-state index contributed by atoms with van der Waals surface area (Å²) in [6.07, 6.45) is 6.37. The van der Waals surface area contributed by atoms with Crippen molar-refractivity contribution in [3.63, 3.8) is 0 Å². The fourth-order valence-electron chi connectivity index (χ4n) is 2.79. The smallest absolute Gasteiger partial charge is 0.338 e. The lowest BCUT2D eigenvalue weighted by atomic mass is 10.0. The van der Waals surface area contributed by atoms with E-state index in [1.807, 2.05) is 24.3 Å². The molecule has 2 atom stereocenters. The minimum Gasteiger partial charge on any atom is -0.453 e. The third kappa shape index (κ3) is 2.18. The molecule has 3 nitrogen and oxygen atoms in total. The van der Waals surface area contributed by atoms with Crippen molar-refractivity contribution in [3.05, 3.63) is 48.0 Å². The maximum Gasteiger partial charge on any atom is 0.338 e. The van der Waals surface area contributed by atoms with Gasteiger partial charge >= 0.3 is 5.97 Å². The molecule has 18 heavy (non-hydrogen) atoms. The van der Waals surface area contributed by atoms with Crippen LogP contribution in [0, 0.1) is 0 Å². The number of ether oxygens (including phenoxy) is 1. The number of rotatable bonds is 2. The first-order valence-corrected chi connectivity index (χ1v) is 6.51. The van der Waals surface area contributed by atoms with Crippen molar-refractivity contribution in [2.45, 2.75) is 25.0 Å². The number of hydrogen-bond acceptors (Lipinski definition) is 3. The fourth-order valence-corrected chi connectivity index (χ4v) is 2.79. The Balaban J connectivity index is 1.71. The molecular formula is C15H17NO2. The second kappa shape index (κ2) is 4.94. The van der Waals surface area contributed by atoms with Gasteiger partial charge in [-0.1, -0.05) is 24.3 Å². The number of fused-ring (bicyclic) bond motifs is 1. The number of carbonyl (C=O) groups excluding carboxylic acids is 1. The Bertz CT molecular complexity index is 455. The molecule has 2 aliphatic heterocycles. The van der Waals surface area contributed by atoms with Crippen LogP contribution in [0.25, 0.3) is 0 Å². The Morgan fingerprint density at radius 1 is 1.28 bits per heavy atom. The van der Waals surface area contributed by atoms with Gasteiger partial charge in [0.05, 0.1) is 11.6 Å². The van der Waals surface area contributed by atoms with E-state index in [0.717, 1.165) is 19.5 Å². The molecule has 2 heterocycles. The van der Waals surface area contributed by atoms with Crippen LogP contribution >= 0.6 is 0 Å². The van der Waals surface area contributed by atoms with Crippen molar-refractivity contribution < 1.29 is 9.53 Å². The van der Waals surface area contributed by atoms with Crippen LogP contribution < -0.4 is 0 Å². The van der Waals surface area contributed by atoms with E-state index < -0.39 is 0 Å². The Kier molecular flexibility index (Phi) is 3.15. The zero-order chi connectivity index (χ0) is 12.4. The molecule has 1 saturated heterocycles. The SMILES string of the molecule is O=C(O[C@H]1C=CCN2CCC[C@@H]12)c1ccccc1. The highest BCUT2D eigenvalue weighted by Crippen LogP contribution is 2.26. The number of hydrogen-bond donors (Lipinski definition) is 0. The molecule has 0 saturated carbocycles. The molecule has 0 unspecified atom stereocenters. The largest absolute Gasteiger partial charge is 0.453 e. The topological polar surface area (TPSA) is 29.5 Å². The second-order valence-corrected chi connectivity index (χ2v) is 4.87. The quantitative estimate of drug-likeness (QED) is 0.589. The van der Waals surface area contributed by atoms with Gasteiger partial charge in [-0.2, -0.15) is 0 Å². The first-order valence-electron chi connectivity index (χ1n) is 6.51. The lowest BCUT2D eigenvalue weighted by molar-refractivity contribution is 0.0196. The molecule has 3 rings (SSSR count). The van der Waals surface area contributed by atoms with Crippen LogP contribution in [0.3, 0.4) is 0 Å². The number of esters is 1. The van der Waals surface area contributed by atoms with E-state index in [1.54, 1.807) is 12.1 Å². The van der Waals surface area contributed by atoms with Crippen molar-refractivity contribution >= 4 is 5.97 Å². The maximum absolute atomic E-state index is 12.0. The first kappa shape index (κ1) is 11.5. The highest BCUT2D eigenvalue weighted by molar-refractivity contribution is 5.89. The lowest BCUT2D eigenvalue weighted by Crippen LogP contribution is -2.43. The van der Waals surface area contributed by atoms with E-state index >= 15 is 0 Å². The van der Waals surface area contributed by atoms with Crippen LogP contribution in [0.15, 0.2) is 42.5 Å². The molecule has 2 aliphatic rings. The maximum atomic E-state index is 12.0. The van der Waals surface area contributed by atoms with E-state index in [-0.39, 0.29) is 12.1 Å². The molecule has 0 spiro atoms. The highest BCUT2D eigenvalue weighted by atomic mass is 16.5. The van der Waals surface area contributed by atoms with Gasteiger partial charge in [0, 0.05) is 6.54 Å². The van der Waals surface area contributed by atoms with Crippen LogP contribution in [0.2, 0.25) is 0 Å². The van der Waals surface area contributed by atoms with Gasteiger partial charge in [0.2, 0.25) is 0 Å². The minimum absolute atomic E-state index is 0.0889. The molecule has 0 aliphatic carbocycles. The summed E-state index contributed by atoms with van der Waals surface area (Å²) in [5, 5.41) is 0. The van der Waals surface area contributed by atoms with Crippen LogP contribution in [0.1, 0.15) is 23.2 Å². The van der Waals surface area contributed by atoms with Crippen molar-refractivity contribution in [3.8, 4) is 0 Å². The summed E-state index contributed by atoms with van der Waals surface area (Å²) in [4.78, 5) is 14.4. The summed E-state index contributed by atoms with van der Waals surface area (Å²) in [6, 6.07) is 9.57. The highest BCUT2D eigenvalue weighted by Gasteiger charge is 2.34. The standard InChI is InChI=1S/C15H17NO2/c17-15(12-6-2-1-3-7-12)18-14-9-5-11-16-10-4-8-13(14)16/h1-3,5-7,9,13-14H,4,8,10-11H2/t13-,14-/m0/s1. The van der Waals surface area contributed by atoms with E-state index in [9.17, 15) is 4.79 Å². The van der Waals surface area contributed by atoms with Gasteiger partial charge in [0.15, 0.2) is 0 Å². The molecule has 0 radical (unpaired) electrons. The van der Waals surface area contributed by atoms with Crippen molar-refractivity contribution in [2.75, 3.05) is 13.1 Å². The van der Waals surface area contributed by atoms with Crippen LogP contribution in [0.5, 0.6) is 0 Å². The lowest BCUT2D eigenvalue weighted by Gasteiger charge is -2.32. The monoisotopic (exact) mass is 243 g/mol. The molecule has 1 aromatic rings. The van der Waals surface area contributed by atoms with Gasteiger partial charge in [-0.25, -0.2) is 4.79 Å². The summed E-state index contributed by atoms with van der Waals surface area (Å²) >= 11 is 0. The van der Waals surface area contributed by atoms with Crippen molar-refractivity contribution in [1.29, 1.82) is 0 Å². The predicted molar refractivity (Wildman–Crippen MR) is 69.4 cm³/mol. The number of benzene rings is 1. The average molecular weight is 243 g/mol. The van der Waals surface area contributed by atoms with Crippen LogP contribution in [-0.4, -0.2) is 36.1 Å². The third-order valence-electron chi connectivity index (χ3n) is 3.71. The number of carbonyl (C=O) groups is 1. The van der Waals surface area contributed by atoms with Gasteiger partial charge in [0.1, 0.15) is 6.10 Å². The molecule has 0 aromatic heterocycles. The summed E-state index contributed by atoms with van der Waals surface area (Å²) in [7, 11) is 0. The Hall–Kier alpha value is -1.61. The zero-order valence-corrected chi connectivity index (χ0v) is 10.3. The van der Waals surface area contributed by atoms with Gasteiger partial charge in [-0.15, -0.1) is 0 Å². The van der Waals surface area contributed by atoms with Crippen molar-refractivity contribution in [1.82, 2.24) is 4.90 Å². The molecular weight excluding hydrogens is 226 g/mol. The molecule has 94 valence electrons. The van der Waals surface area contributed by atoms with Crippen LogP contribution in [0.4, 0.5) is 0 Å². The van der Waals surface area contributed by atoms with E-state index in [0.29, 0.717) is 11.6 Å². The summed E-state index contributed by atoms with van der Waals surface area (Å²) in [5.41, 5.74) is 0.626. The van der Waals surface area contributed by atoms with Gasteiger partial charge in [-0.05, 0) is 37.6 Å². The molecule has 1 fully saturated rings. The van der Waals surface area contributed by atoms with E-state index in [4.69, 9.17) is 4.74 Å². The van der Waals surface area contributed by atoms with E-state index in [1.165, 1.54) is 6.42 Å². The fraction of sp³-hybridized carbons (Fsp3) is 0.400. The molecule has 0 bridgehead atoms. The van der Waals surface area contributed by atoms with Crippen LogP contribution in [-0.2, 0) is 4.74 Å². The van der Waals surface area contributed by atoms with Crippen molar-refractivity contribution in [2.24, 2.45) is 0 Å². The van der Waals surface area contributed by atoms with Gasteiger partial charge in [0.25, 0.3) is 0 Å². The van der Waals surface area contributed by atoms with Gasteiger partial charge < -0.3 is 4.74 Å². The predicted octanol–water partition coefficient (Wildman–Crippen LogP) is 2.25. The second-order valence-electron chi connectivity index (χ2n) is 4.87. The molecule has 3 heteroatoms. The Labute approximate surface area is 107 Å². The minimum atomic E-state index is -0.223. The molecule has 1 aromatic carbocycles. The number of nitrogens with zero attached hydrogens (tertiary/aromatic N) is 1. The zero-order valence-electron chi connectivity index (χ0n) is 10.3. The van der Waals surface area contributed by atoms with Gasteiger partial charge in [-0.3, -0.25) is 4.90 Å². The summed E-state index contributed by atoms with van der Waals surface area (Å²) in [5.74, 6) is -0.223. The summed E-state index contributed by atoms with van der Waals surface area (Å²) in [6.45, 7) is 2.11. The molecule has 0 amide bonds.